The van der Waals surface area contributed by atoms with E-state index in [9.17, 15) is 14.0 Å². The highest BCUT2D eigenvalue weighted by molar-refractivity contribution is 5.95. The Balaban J connectivity index is 1.69. The molecule has 1 amide bonds. The van der Waals surface area contributed by atoms with E-state index in [-0.39, 0.29) is 11.3 Å². The van der Waals surface area contributed by atoms with Gasteiger partial charge in [-0.15, -0.1) is 0 Å². The zero-order chi connectivity index (χ0) is 22.9. The van der Waals surface area contributed by atoms with Crippen LogP contribution < -0.4 is 19.6 Å². The van der Waals surface area contributed by atoms with Crippen LogP contribution in [0.2, 0.25) is 0 Å². The normalized spacial score (nSPS) is 10.6. The van der Waals surface area contributed by atoms with Crippen LogP contribution >= 0.6 is 0 Å². The standard InChI is InChI=1S/C24H21FN2O5/c1-3-31-22-14-16(15-26-27-23(28)17-5-9-19(25)10-6-17)4-13-21(22)32-24(29)18-7-11-20(30-2)12-8-18/h4-15H,3H2,1-2H3,(H,27,28). The van der Waals surface area contributed by atoms with Crippen LogP contribution in [-0.4, -0.2) is 31.8 Å². The lowest BCUT2D eigenvalue weighted by Gasteiger charge is -2.11. The Morgan fingerprint density at radius 1 is 0.969 bits per heavy atom. The number of carbonyl (C=O) groups excluding carboxylic acids is 2. The van der Waals surface area contributed by atoms with Crippen molar-refractivity contribution in [1.82, 2.24) is 5.43 Å². The molecule has 0 aliphatic heterocycles. The van der Waals surface area contributed by atoms with Gasteiger partial charge >= 0.3 is 5.97 Å². The van der Waals surface area contributed by atoms with Crippen molar-refractivity contribution in [1.29, 1.82) is 0 Å². The topological polar surface area (TPSA) is 86.2 Å². The number of carbonyl (C=O) groups is 2. The summed E-state index contributed by atoms with van der Waals surface area (Å²) >= 11 is 0. The molecule has 0 fully saturated rings. The molecule has 3 aromatic rings. The predicted octanol–water partition coefficient (Wildman–Crippen LogP) is 4.22. The van der Waals surface area contributed by atoms with Crippen molar-refractivity contribution in [2.45, 2.75) is 6.92 Å². The van der Waals surface area contributed by atoms with E-state index >= 15 is 0 Å². The summed E-state index contributed by atoms with van der Waals surface area (Å²) < 4.78 is 29.1. The maximum atomic E-state index is 13.0. The smallest absolute Gasteiger partial charge is 0.343 e. The van der Waals surface area contributed by atoms with Crippen molar-refractivity contribution >= 4 is 18.1 Å². The Bertz CT molecular complexity index is 1110. The second kappa shape index (κ2) is 10.7. The SMILES string of the molecule is CCOc1cc(C=NNC(=O)c2ccc(F)cc2)ccc1OC(=O)c1ccc(OC)cc1. The molecule has 3 rings (SSSR count). The number of esters is 1. The summed E-state index contributed by atoms with van der Waals surface area (Å²) in [6.45, 7) is 2.16. The Morgan fingerprint density at radius 2 is 1.66 bits per heavy atom. The Hall–Kier alpha value is -4.20. The van der Waals surface area contributed by atoms with E-state index < -0.39 is 17.7 Å². The fraction of sp³-hybridized carbons (Fsp3) is 0.125. The first-order chi connectivity index (χ1) is 15.5. The maximum Gasteiger partial charge on any atom is 0.343 e. The van der Waals surface area contributed by atoms with Crippen LogP contribution in [0.15, 0.2) is 71.8 Å². The molecule has 0 saturated heterocycles. The zero-order valence-corrected chi connectivity index (χ0v) is 17.5. The summed E-state index contributed by atoms with van der Waals surface area (Å²) in [5, 5.41) is 3.90. The van der Waals surface area contributed by atoms with Gasteiger partial charge in [-0.2, -0.15) is 5.10 Å². The highest BCUT2D eigenvalue weighted by atomic mass is 19.1. The molecule has 0 saturated carbocycles. The number of hydrogen-bond acceptors (Lipinski definition) is 6. The van der Waals surface area contributed by atoms with E-state index in [1.54, 1.807) is 56.5 Å². The largest absolute Gasteiger partial charge is 0.497 e. The molecule has 0 heterocycles. The first-order valence-corrected chi connectivity index (χ1v) is 9.72. The number of nitrogens with zero attached hydrogens (tertiary/aromatic N) is 1. The van der Waals surface area contributed by atoms with Crippen LogP contribution in [-0.2, 0) is 0 Å². The molecule has 0 radical (unpaired) electrons. The Kier molecular flexibility index (Phi) is 7.53. The van der Waals surface area contributed by atoms with E-state index in [1.807, 2.05) is 0 Å². The minimum Gasteiger partial charge on any atom is -0.497 e. The molecule has 164 valence electrons. The highest BCUT2D eigenvalue weighted by Crippen LogP contribution is 2.29. The van der Waals surface area contributed by atoms with Gasteiger partial charge in [0.05, 0.1) is 25.5 Å². The second-order valence-corrected chi connectivity index (χ2v) is 6.46. The van der Waals surface area contributed by atoms with Crippen molar-refractivity contribution in [3.63, 3.8) is 0 Å². The van der Waals surface area contributed by atoms with Crippen molar-refractivity contribution in [3.05, 3.63) is 89.2 Å². The van der Waals surface area contributed by atoms with Crippen LogP contribution in [0.3, 0.4) is 0 Å². The van der Waals surface area contributed by atoms with Crippen LogP contribution in [0, 0.1) is 5.82 Å². The van der Waals surface area contributed by atoms with Gasteiger partial charge in [0.2, 0.25) is 0 Å². The number of benzene rings is 3. The van der Waals surface area contributed by atoms with E-state index in [0.717, 1.165) is 0 Å². The summed E-state index contributed by atoms with van der Waals surface area (Å²) in [5.74, 6) is -0.214. The number of ether oxygens (including phenoxy) is 3. The first kappa shape index (κ1) is 22.5. The van der Waals surface area contributed by atoms with Gasteiger partial charge in [0, 0.05) is 5.56 Å². The third-order valence-corrected chi connectivity index (χ3v) is 4.28. The number of methoxy groups -OCH3 is 1. The van der Waals surface area contributed by atoms with Gasteiger partial charge in [-0.25, -0.2) is 14.6 Å². The average Bonchev–Trinajstić information content (AvgIpc) is 2.81. The minimum absolute atomic E-state index is 0.250. The van der Waals surface area contributed by atoms with Crippen molar-refractivity contribution in [3.8, 4) is 17.2 Å². The molecular weight excluding hydrogens is 415 g/mol. The summed E-state index contributed by atoms with van der Waals surface area (Å²) in [6, 6.07) is 16.5. The van der Waals surface area contributed by atoms with Gasteiger partial charge in [0.15, 0.2) is 11.5 Å². The average molecular weight is 436 g/mol. The number of rotatable bonds is 8. The second-order valence-electron chi connectivity index (χ2n) is 6.46. The van der Waals surface area contributed by atoms with E-state index in [0.29, 0.717) is 29.2 Å². The summed E-state index contributed by atoms with van der Waals surface area (Å²) in [5.41, 5.74) is 3.62. The number of nitrogens with one attached hydrogen (secondary N) is 1. The van der Waals surface area contributed by atoms with Crippen molar-refractivity contribution < 1.29 is 28.2 Å². The summed E-state index contributed by atoms with van der Waals surface area (Å²) in [4.78, 5) is 24.5. The van der Waals surface area contributed by atoms with Crippen LogP contribution in [0.25, 0.3) is 0 Å². The molecule has 8 heteroatoms. The summed E-state index contributed by atoms with van der Waals surface area (Å²) in [6.07, 6.45) is 1.42. The predicted molar refractivity (Wildman–Crippen MR) is 117 cm³/mol. The number of hydrogen-bond donors (Lipinski definition) is 1. The van der Waals surface area contributed by atoms with Gasteiger partial charge in [0.25, 0.3) is 5.91 Å². The molecule has 0 aliphatic carbocycles. The summed E-state index contributed by atoms with van der Waals surface area (Å²) in [7, 11) is 1.54. The Labute approximate surface area is 184 Å². The Morgan fingerprint density at radius 3 is 2.31 bits per heavy atom. The highest BCUT2D eigenvalue weighted by Gasteiger charge is 2.13. The molecule has 3 aromatic carbocycles. The monoisotopic (exact) mass is 436 g/mol. The molecule has 0 spiro atoms. The lowest BCUT2D eigenvalue weighted by atomic mass is 10.2. The van der Waals surface area contributed by atoms with Crippen molar-refractivity contribution in [2.24, 2.45) is 5.10 Å². The molecule has 1 N–H and O–H groups in total. The van der Waals surface area contributed by atoms with Gasteiger partial charge in [-0.05, 0) is 79.2 Å². The molecule has 0 aliphatic rings. The number of amides is 1. The van der Waals surface area contributed by atoms with E-state index in [2.05, 4.69) is 10.5 Å². The number of hydrazone groups is 1. The molecule has 0 aromatic heterocycles. The molecule has 0 atom stereocenters. The fourth-order valence-electron chi connectivity index (χ4n) is 2.67. The molecule has 0 unspecified atom stereocenters. The van der Waals surface area contributed by atoms with Crippen LogP contribution in [0.5, 0.6) is 17.2 Å². The van der Waals surface area contributed by atoms with E-state index in [1.165, 1.54) is 30.5 Å². The third kappa shape index (κ3) is 5.91. The van der Waals surface area contributed by atoms with Crippen molar-refractivity contribution in [2.75, 3.05) is 13.7 Å². The lowest BCUT2D eigenvalue weighted by molar-refractivity contribution is 0.0728. The quantitative estimate of drug-likeness (QED) is 0.247. The van der Waals surface area contributed by atoms with Gasteiger partial charge < -0.3 is 14.2 Å². The zero-order valence-electron chi connectivity index (χ0n) is 17.5. The third-order valence-electron chi connectivity index (χ3n) is 4.28. The van der Waals surface area contributed by atoms with Crippen LogP contribution in [0.1, 0.15) is 33.2 Å². The first-order valence-electron chi connectivity index (χ1n) is 9.72. The van der Waals surface area contributed by atoms with Gasteiger partial charge in [0.1, 0.15) is 11.6 Å². The van der Waals surface area contributed by atoms with Crippen LogP contribution in [0.4, 0.5) is 4.39 Å². The molecule has 0 bridgehead atoms. The van der Waals surface area contributed by atoms with Gasteiger partial charge in [-0.3, -0.25) is 4.79 Å². The molecular formula is C24H21FN2O5. The fourth-order valence-corrected chi connectivity index (χ4v) is 2.67. The lowest BCUT2D eigenvalue weighted by Crippen LogP contribution is -2.17. The number of halogens is 1. The molecule has 7 nitrogen and oxygen atoms in total. The minimum atomic E-state index is -0.540. The maximum absolute atomic E-state index is 13.0. The molecule has 32 heavy (non-hydrogen) atoms. The van der Waals surface area contributed by atoms with E-state index in [4.69, 9.17) is 14.2 Å². The van der Waals surface area contributed by atoms with Gasteiger partial charge in [-0.1, -0.05) is 0 Å².